The third kappa shape index (κ3) is 5.62. The molecule has 0 fully saturated rings. The first-order valence-corrected chi connectivity index (χ1v) is 10.8. The smallest absolute Gasteiger partial charge is 0.437 e. The molecule has 0 radical (unpaired) electrons. The van der Waals surface area contributed by atoms with Crippen molar-refractivity contribution in [2.75, 3.05) is 6.61 Å². The Hall–Kier alpha value is -4.12. The summed E-state index contributed by atoms with van der Waals surface area (Å²) in [5.74, 6) is -3.34. The number of nitrogens with zero attached hydrogens (tertiary/aromatic N) is 2. The van der Waals surface area contributed by atoms with Gasteiger partial charge in [-0.25, -0.2) is 13.6 Å². The number of esters is 1. The van der Waals surface area contributed by atoms with Gasteiger partial charge in [-0.05, 0) is 53.4 Å². The molecule has 0 aliphatic rings. The lowest BCUT2D eigenvalue weighted by molar-refractivity contribution is -0.149. The molecule has 1 N–H and O–H groups in total. The Morgan fingerprint density at radius 2 is 1.74 bits per heavy atom. The maximum atomic E-state index is 13.3. The number of aromatic nitrogens is 2. The van der Waals surface area contributed by atoms with Crippen molar-refractivity contribution in [2.24, 2.45) is 0 Å². The van der Waals surface area contributed by atoms with E-state index in [-0.39, 0.29) is 5.89 Å². The first-order chi connectivity index (χ1) is 16.4. The quantitative estimate of drug-likeness (QED) is 0.384. The van der Waals surface area contributed by atoms with Crippen molar-refractivity contribution in [1.82, 2.24) is 15.1 Å². The van der Waals surface area contributed by atoms with Crippen molar-refractivity contribution in [3.63, 3.8) is 0 Å². The number of hydrogen-bond donors (Lipinski definition) is 1. The average Bonchev–Trinajstić information content (AvgIpc) is 3.48. The molecule has 1 amide bonds. The topological polar surface area (TPSA) is 103 Å². The zero-order valence-corrected chi connectivity index (χ0v) is 18.3. The van der Waals surface area contributed by atoms with Crippen molar-refractivity contribution in [1.29, 1.82) is 0 Å². The molecule has 1 unspecified atom stereocenters. The predicted molar refractivity (Wildman–Crippen MR) is 118 cm³/mol. The second-order valence-electron chi connectivity index (χ2n) is 7.07. The fourth-order valence-corrected chi connectivity index (χ4v) is 3.86. The molecule has 0 saturated heterocycles. The number of nitrogens with one attached hydrogen (secondary N) is 1. The number of carbonyl (C=O) groups is 2. The molecular weight excluding hydrogens is 468 g/mol. The van der Waals surface area contributed by atoms with Gasteiger partial charge < -0.3 is 14.5 Å². The minimum Gasteiger partial charge on any atom is -0.454 e. The van der Waals surface area contributed by atoms with Crippen LogP contribution in [0.1, 0.15) is 16.5 Å². The van der Waals surface area contributed by atoms with Gasteiger partial charge >= 0.3 is 11.7 Å². The molecule has 2 aromatic heterocycles. The van der Waals surface area contributed by atoms with Crippen LogP contribution in [0.2, 0.25) is 0 Å². The van der Waals surface area contributed by atoms with Crippen LogP contribution in [-0.4, -0.2) is 28.3 Å². The molecule has 2 heterocycles. The van der Waals surface area contributed by atoms with Crippen LogP contribution in [0.5, 0.6) is 0 Å². The number of carbonyl (C=O) groups excluding carboxylic acids is 2. The Balaban J connectivity index is 1.36. The molecule has 0 bridgehead atoms. The molecule has 0 spiro atoms. The summed E-state index contributed by atoms with van der Waals surface area (Å²) < 4.78 is 37.0. The molecule has 0 aliphatic heterocycles. The van der Waals surface area contributed by atoms with Gasteiger partial charge in [-0.2, -0.15) is 4.68 Å². The monoisotopic (exact) mass is 485 g/mol. The van der Waals surface area contributed by atoms with E-state index in [1.54, 1.807) is 12.1 Å². The highest BCUT2D eigenvalue weighted by atomic mass is 32.1. The molecule has 4 rings (SSSR count). The molecule has 2 aromatic carbocycles. The lowest BCUT2D eigenvalue weighted by Gasteiger charge is -2.18. The summed E-state index contributed by atoms with van der Waals surface area (Å²) >= 11 is 1.41. The summed E-state index contributed by atoms with van der Waals surface area (Å²) in [6.07, 6.45) is 0. The Morgan fingerprint density at radius 3 is 2.38 bits per heavy atom. The Morgan fingerprint density at radius 1 is 1.06 bits per heavy atom. The molecule has 0 saturated carbocycles. The standard InChI is InChI=1S/C23H17F2N3O5S/c24-16-7-3-14(4-8-16)21(18-2-1-11-34-18)26-19(29)13-32-20(30)12-28-23(31)33-22(27-28)15-5-9-17(25)10-6-15/h1-11,21H,12-13H2,(H,26,29). The van der Waals surface area contributed by atoms with Gasteiger partial charge in [0.05, 0.1) is 6.04 Å². The first-order valence-electron chi connectivity index (χ1n) is 9.97. The first kappa shape index (κ1) is 23.1. The van der Waals surface area contributed by atoms with Gasteiger partial charge in [-0.15, -0.1) is 16.4 Å². The van der Waals surface area contributed by atoms with Gasteiger partial charge in [0.15, 0.2) is 6.61 Å². The average molecular weight is 485 g/mol. The van der Waals surface area contributed by atoms with E-state index in [0.717, 1.165) is 9.56 Å². The van der Waals surface area contributed by atoms with E-state index >= 15 is 0 Å². The van der Waals surface area contributed by atoms with E-state index in [2.05, 4.69) is 10.4 Å². The third-order valence-electron chi connectivity index (χ3n) is 4.68. The van der Waals surface area contributed by atoms with Crippen molar-refractivity contribution < 1.29 is 27.5 Å². The van der Waals surface area contributed by atoms with Crippen LogP contribution in [0.4, 0.5) is 8.78 Å². The third-order valence-corrected chi connectivity index (χ3v) is 5.61. The van der Waals surface area contributed by atoms with E-state index in [9.17, 15) is 23.2 Å². The van der Waals surface area contributed by atoms with Gasteiger partial charge in [-0.1, -0.05) is 18.2 Å². The van der Waals surface area contributed by atoms with Gasteiger partial charge in [0.25, 0.3) is 5.91 Å². The second-order valence-corrected chi connectivity index (χ2v) is 8.05. The van der Waals surface area contributed by atoms with Crippen molar-refractivity contribution in [3.05, 3.63) is 98.7 Å². The van der Waals surface area contributed by atoms with Gasteiger partial charge in [0, 0.05) is 10.4 Å². The number of ether oxygens (including phenoxy) is 1. The number of benzene rings is 2. The summed E-state index contributed by atoms with van der Waals surface area (Å²) in [5, 5.41) is 8.49. The number of halogens is 2. The normalized spacial score (nSPS) is 11.7. The highest BCUT2D eigenvalue weighted by Gasteiger charge is 2.20. The van der Waals surface area contributed by atoms with Crippen LogP contribution in [0, 0.1) is 11.6 Å². The van der Waals surface area contributed by atoms with Gasteiger partial charge in [0.2, 0.25) is 5.89 Å². The fourth-order valence-electron chi connectivity index (χ4n) is 3.06. The van der Waals surface area contributed by atoms with Crippen LogP contribution in [0.3, 0.4) is 0 Å². The molecular formula is C23H17F2N3O5S. The minimum absolute atomic E-state index is 0.0892. The largest absolute Gasteiger partial charge is 0.454 e. The fraction of sp³-hybridized carbons (Fsp3) is 0.130. The van der Waals surface area contributed by atoms with E-state index < -0.39 is 48.5 Å². The molecule has 174 valence electrons. The summed E-state index contributed by atoms with van der Waals surface area (Å²) in [7, 11) is 0. The van der Waals surface area contributed by atoms with E-state index in [0.29, 0.717) is 11.1 Å². The van der Waals surface area contributed by atoms with Crippen molar-refractivity contribution in [3.8, 4) is 11.5 Å². The molecule has 0 aliphatic carbocycles. The van der Waals surface area contributed by atoms with Crippen molar-refractivity contribution >= 4 is 23.2 Å². The predicted octanol–water partition coefficient (Wildman–Crippen LogP) is 3.29. The van der Waals surface area contributed by atoms with Gasteiger partial charge in [-0.3, -0.25) is 9.59 Å². The molecule has 1 atom stereocenters. The molecule has 4 aromatic rings. The zero-order chi connectivity index (χ0) is 24.1. The zero-order valence-electron chi connectivity index (χ0n) is 17.4. The Labute approximate surface area is 195 Å². The maximum Gasteiger partial charge on any atom is 0.437 e. The number of amides is 1. The van der Waals surface area contributed by atoms with E-state index in [4.69, 9.17) is 9.15 Å². The van der Waals surface area contributed by atoms with Crippen LogP contribution in [0.15, 0.2) is 75.3 Å². The van der Waals surface area contributed by atoms with Crippen LogP contribution >= 0.6 is 11.3 Å². The van der Waals surface area contributed by atoms with E-state index in [1.165, 1.54) is 47.7 Å². The molecule has 34 heavy (non-hydrogen) atoms. The number of rotatable bonds is 8. The summed E-state index contributed by atoms with van der Waals surface area (Å²) in [4.78, 5) is 37.4. The molecule has 8 nitrogen and oxygen atoms in total. The Bertz CT molecular complexity index is 1330. The number of thiophene rings is 1. The van der Waals surface area contributed by atoms with Crippen LogP contribution in [0.25, 0.3) is 11.5 Å². The maximum absolute atomic E-state index is 13.3. The lowest BCUT2D eigenvalue weighted by atomic mass is 10.1. The van der Waals surface area contributed by atoms with Crippen LogP contribution < -0.4 is 11.1 Å². The highest BCUT2D eigenvalue weighted by molar-refractivity contribution is 7.10. The second kappa shape index (κ2) is 10.2. The van der Waals surface area contributed by atoms with Gasteiger partial charge in [0.1, 0.15) is 18.2 Å². The SMILES string of the molecule is O=C(COC(=O)Cn1nc(-c2ccc(F)cc2)oc1=O)NC(c1ccc(F)cc1)c1cccs1. The molecule has 11 heteroatoms. The number of hydrogen-bond acceptors (Lipinski definition) is 7. The summed E-state index contributed by atoms with van der Waals surface area (Å²) in [5.41, 5.74) is 1.01. The lowest BCUT2D eigenvalue weighted by Crippen LogP contribution is -2.33. The van der Waals surface area contributed by atoms with Crippen molar-refractivity contribution in [2.45, 2.75) is 12.6 Å². The highest BCUT2D eigenvalue weighted by Crippen LogP contribution is 2.26. The van der Waals surface area contributed by atoms with E-state index in [1.807, 2.05) is 17.5 Å². The Kier molecular flexibility index (Phi) is 6.93. The summed E-state index contributed by atoms with van der Waals surface area (Å²) in [6, 6.07) is 13.9. The minimum atomic E-state index is -0.908. The van der Waals surface area contributed by atoms with Crippen LogP contribution in [-0.2, 0) is 20.9 Å². The summed E-state index contributed by atoms with van der Waals surface area (Å²) in [6.45, 7) is -1.18.